The Hall–Kier alpha value is -1.81. The van der Waals surface area contributed by atoms with Crippen LogP contribution in [0.3, 0.4) is 0 Å². The molecule has 21 heavy (non-hydrogen) atoms. The van der Waals surface area contributed by atoms with Crippen molar-refractivity contribution in [3.05, 3.63) is 57.6 Å². The second kappa shape index (κ2) is 5.90. The Kier molecular flexibility index (Phi) is 3.97. The zero-order chi connectivity index (χ0) is 14.8. The molecule has 2 aromatic rings. The summed E-state index contributed by atoms with van der Waals surface area (Å²) < 4.78 is 11.8. The van der Waals surface area contributed by atoms with Crippen molar-refractivity contribution in [1.29, 1.82) is 0 Å². The van der Waals surface area contributed by atoms with Crippen LogP contribution in [0.2, 0.25) is 0 Å². The van der Waals surface area contributed by atoms with E-state index in [2.05, 4.69) is 15.9 Å². The third kappa shape index (κ3) is 3.10. The lowest BCUT2D eigenvalue weighted by Crippen LogP contribution is -2.16. The summed E-state index contributed by atoms with van der Waals surface area (Å²) in [5.74, 6) is 1.37. The van der Waals surface area contributed by atoms with Gasteiger partial charge in [0.15, 0.2) is 17.3 Å². The number of rotatable bonds is 3. The van der Waals surface area contributed by atoms with Crippen molar-refractivity contribution in [2.24, 2.45) is 0 Å². The maximum absolute atomic E-state index is 12.5. The minimum absolute atomic E-state index is 0.0581. The van der Waals surface area contributed by atoms with Crippen LogP contribution in [0.5, 0.6) is 11.5 Å². The fourth-order valence-corrected chi connectivity index (χ4v) is 2.81. The van der Waals surface area contributed by atoms with E-state index in [9.17, 15) is 4.79 Å². The van der Waals surface area contributed by atoms with E-state index in [0.717, 1.165) is 10.0 Å². The molecule has 0 N–H and O–H groups in total. The predicted octanol–water partition coefficient (Wildman–Crippen LogP) is 3.95. The topological polar surface area (TPSA) is 35.5 Å². The summed E-state index contributed by atoms with van der Waals surface area (Å²) in [6.45, 7) is 3.08. The van der Waals surface area contributed by atoms with Crippen LogP contribution < -0.4 is 9.47 Å². The van der Waals surface area contributed by atoms with Gasteiger partial charge in [-0.15, -0.1) is 0 Å². The van der Waals surface area contributed by atoms with Gasteiger partial charge in [-0.25, -0.2) is 0 Å². The molecule has 0 saturated carbocycles. The number of hydrogen-bond donors (Lipinski definition) is 0. The van der Waals surface area contributed by atoms with Crippen LogP contribution >= 0.6 is 15.9 Å². The quantitative estimate of drug-likeness (QED) is 0.789. The van der Waals surface area contributed by atoms with E-state index in [-0.39, 0.29) is 5.78 Å². The molecule has 3 rings (SSSR count). The highest BCUT2D eigenvalue weighted by Gasteiger charge is 2.18. The number of ether oxygens (including phenoxy) is 2. The van der Waals surface area contributed by atoms with Crippen molar-refractivity contribution >= 4 is 21.7 Å². The number of carbonyl (C=O) groups is 1. The Labute approximate surface area is 132 Å². The third-order valence-electron chi connectivity index (χ3n) is 3.42. The summed E-state index contributed by atoms with van der Waals surface area (Å²) in [7, 11) is 0. The van der Waals surface area contributed by atoms with Gasteiger partial charge < -0.3 is 9.47 Å². The van der Waals surface area contributed by atoms with E-state index in [1.54, 1.807) is 12.1 Å². The summed E-state index contributed by atoms with van der Waals surface area (Å²) in [6, 6.07) is 11.6. The van der Waals surface area contributed by atoms with Crippen LogP contribution in [-0.4, -0.2) is 19.0 Å². The maximum Gasteiger partial charge on any atom is 0.168 e. The maximum atomic E-state index is 12.5. The molecule has 0 atom stereocenters. The minimum Gasteiger partial charge on any atom is -0.486 e. The molecule has 0 radical (unpaired) electrons. The molecule has 3 nitrogen and oxygen atoms in total. The van der Waals surface area contributed by atoms with E-state index < -0.39 is 0 Å². The average Bonchev–Trinajstić information content (AvgIpc) is 2.49. The number of Topliss-reactive ketones (excluding diaryl/α,β-unsaturated/α-hetero) is 1. The zero-order valence-corrected chi connectivity index (χ0v) is 13.3. The van der Waals surface area contributed by atoms with Crippen molar-refractivity contribution in [3.63, 3.8) is 0 Å². The normalized spacial score (nSPS) is 13.0. The molecule has 1 heterocycles. The standard InChI is InChI=1S/C17H15BrO3/c1-11-2-4-12(5-3-11)8-15(19)13-9-16-17(10-14(13)18)21-7-6-20-16/h2-5,9-10H,6-8H2,1H3. The molecule has 0 spiro atoms. The van der Waals surface area contributed by atoms with Gasteiger partial charge in [-0.3, -0.25) is 4.79 Å². The van der Waals surface area contributed by atoms with E-state index in [1.165, 1.54) is 5.56 Å². The van der Waals surface area contributed by atoms with Crippen LogP contribution in [0.25, 0.3) is 0 Å². The number of ketones is 1. The molecule has 1 aliphatic heterocycles. The van der Waals surface area contributed by atoms with Crippen molar-refractivity contribution in [2.45, 2.75) is 13.3 Å². The first-order valence-corrected chi connectivity index (χ1v) is 7.60. The van der Waals surface area contributed by atoms with Gasteiger partial charge in [0.1, 0.15) is 13.2 Å². The molecule has 0 saturated heterocycles. The molecule has 0 aliphatic carbocycles. The van der Waals surface area contributed by atoms with Gasteiger partial charge >= 0.3 is 0 Å². The molecule has 0 unspecified atom stereocenters. The van der Waals surface area contributed by atoms with E-state index >= 15 is 0 Å². The molecule has 0 bridgehead atoms. The number of aryl methyl sites for hydroxylation is 1. The van der Waals surface area contributed by atoms with E-state index in [1.807, 2.05) is 31.2 Å². The van der Waals surface area contributed by atoms with Crippen molar-refractivity contribution in [3.8, 4) is 11.5 Å². The summed E-state index contributed by atoms with van der Waals surface area (Å²) in [5.41, 5.74) is 2.82. The van der Waals surface area contributed by atoms with Crippen LogP contribution in [0.4, 0.5) is 0 Å². The Morgan fingerprint density at radius 3 is 2.38 bits per heavy atom. The molecular weight excluding hydrogens is 332 g/mol. The summed E-state index contributed by atoms with van der Waals surface area (Å²) in [5, 5.41) is 0. The Morgan fingerprint density at radius 2 is 1.71 bits per heavy atom. The van der Waals surface area contributed by atoms with Gasteiger partial charge in [0.05, 0.1) is 0 Å². The number of hydrogen-bond acceptors (Lipinski definition) is 3. The van der Waals surface area contributed by atoms with E-state index in [4.69, 9.17) is 9.47 Å². The van der Waals surface area contributed by atoms with Gasteiger partial charge in [0.25, 0.3) is 0 Å². The minimum atomic E-state index is 0.0581. The SMILES string of the molecule is Cc1ccc(CC(=O)c2cc3c(cc2Br)OCCO3)cc1. The van der Waals surface area contributed by atoms with Gasteiger partial charge in [-0.2, -0.15) is 0 Å². The second-order valence-corrected chi connectivity index (χ2v) is 5.92. The van der Waals surface area contributed by atoms with Crippen LogP contribution in [-0.2, 0) is 6.42 Å². The van der Waals surface area contributed by atoms with Crippen molar-refractivity contribution in [1.82, 2.24) is 0 Å². The van der Waals surface area contributed by atoms with Crippen LogP contribution in [0.15, 0.2) is 40.9 Å². The Morgan fingerprint density at radius 1 is 1.10 bits per heavy atom. The molecule has 0 amide bonds. The molecule has 2 aromatic carbocycles. The monoisotopic (exact) mass is 346 g/mol. The largest absolute Gasteiger partial charge is 0.486 e. The highest BCUT2D eigenvalue weighted by Crippen LogP contribution is 2.36. The zero-order valence-electron chi connectivity index (χ0n) is 11.7. The van der Waals surface area contributed by atoms with Crippen LogP contribution in [0, 0.1) is 6.92 Å². The average molecular weight is 347 g/mol. The predicted molar refractivity (Wildman–Crippen MR) is 84.3 cm³/mol. The highest BCUT2D eigenvalue weighted by molar-refractivity contribution is 9.10. The summed E-state index contributed by atoms with van der Waals surface area (Å²) in [4.78, 5) is 12.5. The van der Waals surface area contributed by atoms with Gasteiger partial charge in [0.2, 0.25) is 0 Å². The summed E-state index contributed by atoms with van der Waals surface area (Å²) >= 11 is 3.44. The number of benzene rings is 2. The second-order valence-electron chi connectivity index (χ2n) is 5.06. The van der Waals surface area contributed by atoms with Crippen LogP contribution in [0.1, 0.15) is 21.5 Å². The number of fused-ring (bicyclic) bond motifs is 1. The van der Waals surface area contributed by atoms with Gasteiger partial charge in [0, 0.05) is 16.5 Å². The lowest BCUT2D eigenvalue weighted by atomic mass is 10.0. The van der Waals surface area contributed by atoms with Crippen molar-refractivity contribution < 1.29 is 14.3 Å². The smallest absolute Gasteiger partial charge is 0.168 e. The van der Waals surface area contributed by atoms with Crippen molar-refractivity contribution in [2.75, 3.05) is 13.2 Å². The molecule has 4 heteroatoms. The number of carbonyl (C=O) groups excluding carboxylic acids is 1. The first-order chi connectivity index (χ1) is 10.1. The first-order valence-electron chi connectivity index (χ1n) is 6.81. The molecule has 108 valence electrons. The third-order valence-corrected chi connectivity index (χ3v) is 4.07. The highest BCUT2D eigenvalue weighted by atomic mass is 79.9. The fraction of sp³-hybridized carbons (Fsp3) is 0.235. The lowest BCUT2D eigenvalue weighted by Gasteiger charge is -2.19. The molecule has 0 aromatic heterocycles. The molecular formula is C17H15BrO3. The van der Waals surface area contributed by atoms with Gasteiger partial charge in [-0.05, 0) is 40.5 Å². The summed E-state index contributed by atoms with van der Waals surface area (Å²) in [6.07, 6.45) is 0.374. The Balaban J connectivity index is 1.85. The van der Waals surface area contributed by atoms with E-state index in [0.29, 0.717) is 36.7 Å². The fourth-order valence-electron chi connectivity index (χ4n) is 2.26. The first kappa shape index (κ1) is 14.1. The molecule has 0 fully saturated rings. The number of halogens is 1. The lowest BCUT2D eigenvalue weighted by molar-refractivity contribution is 0.0991. The molecule has 1 aliphatic rings. The van der Waals surface area contributed by atoms with Gasteiger partial charge in [-0.1, -0.05) is 29.8 Å². The Bertz CT molecular complexity index is 677.